The van der Waals surface area contributed by atoms with Gasteiger partial charge in [-0.25, -0.2) is 0 Å². The number of fused-ring (bicyclic) bond motifs is 7. The zero-order chi connectivity index (χ0) is 29.3. The average Bonchev–Trinajstić information content (AvgIpc) is 3.26. The molecule has 0 amide bonds. The van der Waals surface area contributed by atoms with Crippen LogP contribution in [0.3, 0.4) is 0 Å². The van der Waals surface area contributed by atoms with E-state index in [9.17, 15) is 0 Å². The Kier molecular flexibility index (Phi) is 7.47. The third-order valence-electron chi connectivity index (χ3n) is 10.1. The van der Waals surface area contributed by atoms with Crippen LogP contribution in [0.25, 0.3) is 32.7 Å². The van der Waals surface area contributed by atoms with Crippen molar-refractivity contribution < 1.29 is 0 Å². The van der Waals surface area contributed by atoms with E-state index in [1.54, 1.807) is 0 Å². The van der Waals surface area contributed by atoms with Crippen LogP contribution in [0.2, 0.25) is 0 Å². The van der Waals surface area contributed by atoms with Gasteiger partial charge >= 0.3 is 0 Å². The van der Waals surface area contributed by atoms with Crippen LogP contribution in [0.5, 0.6) is 0 Å². The van der Waals surface area contributed by atoms with E-state index in [1.165, 1.54) is 80.6 Å². The molecule has 6 aromatic rings. The van der Waals surface area contributed by atoms with E-state index in [4.69, 9.17) is 0 Å². The van der Waals surface area contributed by atoms with E-state index in [1.807, 2.05) is 0 Å². The Bertz CT molecular complexity index is 1770. The molecule has 1 fully saturated rings. The second-order valence-corrected chi connectivity index (χ2v) is 12.8. The molecule has 0 N–H and O–H groups in total. The fourth-order valence-corrected chi connectivity index (χ4v) is 8.09. The van der Waals surface area contributed by atoms with Crippen LogP contribution < -0.4 is 0 Å². The number of rotatable bonds is 6. The maximum atomic E-state index is 2.85. The minimum atomic E-state index is 0.493. The third kappa shape index (κ3) is 5.23. The Morgan fingerprint density at radius 1 is 0.500 bits per heavy atom. The molecule has 1 saturated carbocycles. The summed E-state index contributed by atoms with van der Waals surface area (Å²) in [6.07, 6.45) is 5.10. The predicted octanol–water partition coefficient (Wildman–Crippen LogP) is 9.99. The van der Waals surface area contributed by atoms with Gasteiger partial charge in [0.25, 0.3) is 0 Å². The van der Waals surface area contributed by atoms with Crippen LogP contribution >= 0.6 is 0 Å². The zero-order valence-electron chi connectivity index (χ0n) is 25.4. The van der Waals surface area contributed by atoms with Gasteiger partial charge in [-0.15, -0.1) is 0 Å². The molecule has 2 nitrogen and oxygen atoms in total. The summed E-state index contributed by atoms with van der Waals surface area (Å²) in [7, 11) is 0. The summed E-state index contributed by atoms with van der Waals surface area (Å²) in [4.78, 5) is 5.64. The molecule has 0 radical (unpaired) electrons. The van der Waals surface area contributed by atoms with Crippen molar-refractivity contribution in [3.63, 3.8) is 0 Å². The number of hydrogen-bond acceptors (Lipinski definition) is 2. The summed E-state index contributed by atoms with van der Waals surface area (Å²) in [5.74, 6) is 0. The average molecular weight is 573 g/mol. The molecule has 0 unspecified atom stereocenters. The highest BCUT2D eigenvalue weighted by Crippen LogP contribution is 2.43. The molecule has 2 atom stereocenters. The van der Waals surface area contributed by atoms with Gasteiger partial charge in [-0.1, -0.05) is 146 Å². The largest absolute Gasteiger partial charge is 0.290 e. The van der Waals surface area contributed by atoms with Crippen molar-refractivity contribution in [1.82, 2.24) is 9.80 Å². The Labute approximate surface area is 261 Å². The maximum absolute atomic E-state index is 2.85. The first-order valence-corrected chi connectivity index (χ1v) is 16.4. The summed E-state index contributed by atoms with van der Waals surface area (Å²) in [6, 6.07) is 50.7. The monoisotopic (exact) mass is 572 g/mol. The summed E-state index contributed by atoms with van der Waals surface area (Å²) in [5, 5.41) is 5.40. The Hall–Kier alpha value is -4.24. The molecular weight excluding hydrogens is 532 g/mol. The van der Waals surface area contributed by atoms with Crippen molar-refractivity contribution in [2.75, 3.05) is 0 Å². The van der Waals surface area contributed by atoms with E-state index < -0.39 is 0 Å². The van der Waals surface area contributed by atoms with Gasteiger partial charge in [0.15, 0.2) is 0 Å². The van der Waals surface area contributed by atoms with E-state index in [2.05, 4.69) is 143 Å². The van der Waals surface area contributed by atoms with Crippen molar-refractivity contribution in [2.24, 2.45) is 0 Å². The first kappa shape index (κ1) is 27.3. The van der Waals surface area contributed by atoms with Gasteiger partial charge in [0.05, 0.1) is 0 Å². The minimum Gasteiger partial charge on any atom is -0.290 e. The first-order chi connectivity index (χ1) is 21.8. The van der Waals surface area contributed by atoms with E-state index in [0.717, 1.165) is 26.2 Å². The number of nitrogens with zero attached hydrogens (tertiary/aromatic N) is 2. The Morgan fingerprint density at radius 3 is 1.52 bits per heavy atom. The molecule has 2 aliphatic rings. The van der Waals surface area contributed by atoms with Crippen molar-refractivity contribution in [3.8, 4) is 11.1 Å². The minimum absolute atomic E-state index is 0.493. The molecule has 0 bridgehead atoms. The molecule has 2 heteroatoms. The molecule has 44 heavy (non-hydrogen) atoms. The highest BCUT2D eigenvalue weighted by atomic mass is 15.2. The summed E-state index contributed by atoms with van der Waals surface area (Å²) >= 11 is 0. The van der Waals surface area contributed by atoms with Gasteiger partial charge in [0.2, 0.25) is 0 Å². The molecule has 8 rings (SSSR count). The molecule has 1 aliphatic heterocycles. The van der Waals surface area contributed by atoms with E-state index in [0.29, 0.717) is 12.1 Å². The molecule has 0 aromatic heterocycles. The van der Waals surface area contributed by atoms with E-state index >= 15 is 0 Å². The predicted molar refractivity (Wildman–Crippen MR) is 184 cm³/mol. The zero-order valence-corrected chi connectivity index (χ0v) is 25.4. The lowest BCUT2D eigenvalue weighted by molar-refractivity contribution is 0.0303. The van der Waals surface area contributed by atoms with Crippen molar-refractivity contribution in [2.45, 2.75) is 63.9 Å². The quantitative estimate of drug-likeness (QED) is 0.196. The molecule has 6 aromatic carbocycles. The smallest absolute Gasteiger partial charge is 0.0258 e. The van der Waals surface area contributed by atoms with Crippen molar-refractivity contribution in [3.05, 3.63) is 156 Å². The normalized spacial score (nSPS) is 18.7. The fraction of sp³-hybridized carbons (Fsp3) is 0.238. The van der Waals surface area contributed by atoms with Crippen LogP contribution in [0.4, 0.5) is 0 Å². The lowest BCUT2D eigenvalue weighted by Crippen LogP contribution is -2.52. The van der Waals surface area contributed by atoms with Gasteiger partial charge in [-0.05, 0) is 67.8 Å². The van der Waals surface area contributed by atoms with Gasteiger partial charge in [0.1, 0.15) is 0 Å². The maximum Gasteiger partial charge on any atom is 0.0258 e. The number of benzene rings is 6. The van der Waals surface area contributed by atoms with Crippen molar-refractivity contribution >= 4 is 21.5 Å². The van der Waals surface area contributed by atoms with Crippen LogP contribution in [-0.4, -0.2) is 21.9 Å². The van der Waals surface area contributed by atoms with Gasteiger partial charge in [-0.3, -0.25) is 9.80 Å². The molecule has 218 valence electrons. The Balaban J connectivity index is 1.24. The Morgan fingerprint density at radius 2 is 0.977 bits per heavy atom. The lowest BCUT2D eigenvalue weighted by atomic mass is 9.87. The summed E-state index contributed by atoms with van der Waals surface area (Å²) < 4.78 is 0. The molecule has 1 heterocycles. The van der Waals surface area contributed by atoms with Crippen LogP contribution in [0.15, 0.2) is 133 Å². The van der Waals surface area contributed by atoms with Crippen LogP contribution in [-0.2, 0) is 26.2 Å². The SMILES string of the molecule is c1ccc(CN(Cc2ccccc2)[C@@H]2CCCC[C@H]2N2Cc3ccc4ccccc4c3-c3c(ccc4ccccc34)C2)cc1. The summed E-state index contributed by atoms with van der Waals surface area (Å²) in [5.41, 5.74) is 8.60. The van der Waals surface area contributed by atoms with Crippen LogP contribution in [0.1, 0.15) is 47.9 Å². The second-order valence-electron chi connectivity index (χ2n) is 12.8. The van der Waals surface area contributed by atoms with Gasteiger partial charge in [-0.2, -0.15) is 0 Å². The lowest BCUT2D eigenvalue weighted by Gasteiger charge is -2.45. The molecule has 0 saturated heterocycles. The molecule has 0 spiro atoms. The standard InChI is InChI=1S/C42H40N2/c1-3-13-31(14-4-1)27-43(28-32-15-5-2-6-16-32)39-21-11-12-22-40(39)44-29-35-25-23-33-17-7-9-19-37(33)41(35)42-36(30-44)26-24-34-18-8-10-20-38(34)42/h1-10,13-20,23-26,39-40H,11-12,21-22,27-30H2/t39-,40-/m1/s1. The third-order valence-corrected chi connectivity index (χ3v) is 10.1. The highest BCUT2D eigenvalue weighted by Gasteiger charge is 2.36. The highest BCUT2D eigenvalue weighted by molar-refractivity contribution is 6.08. The van der Waals surface area contributed by atoms with E-state index in [-0.39, 0.29) is 0 Å². The first-order valence-electron chi connectivity index (χ1n) is 16.4. The topological polar surface area (TPSA) is 6.48 Å². The van der Waals surface area contributed by atoms with Crippen molar-refractivity contribution in [1.29, 1.82) is 0 Å². The molecular formula is C42H40N2. The van der Waals surface area contributed by atoms with Gasteiger partial charge in [0, 0.05) is 38.3 Å². The number of hydrogen-bond donors (Lipinski definition) is 0. The van der Waals surface area contributed by atoms with Gasteiger partial charge < -0.3 is 0 Å². The molecule has 1 aliphatic carbocycles. The second kappa shape index (κ2) is 12.0. The van der Waals surface area contributed by atoms with Crippen LogP contribution in [0, 0.1) is 0 Å². The summed E-state index contributed by atoms with van der Waals surface area (Å²) in [6.45, 7) is 3.92. The fourth-order valence-electron chi connectivity index (χ4n) is 8.09.